The van der Waals surface area contributed by atoms with Crippen LogP contribution in [-0.4, -0.2) is 28.9 Å². The number of hydrogen-bond donors (Lipinski definition) is 3. The minimum atomic E-state index is -0.521. The summed E-state index contributed by atoms with van der Waals surface area (Å²) in [5.41, 5.74) is 0.891. The van der Waals surface area contributed by atoms with Gasteiger partial charge in [0.05, 0.1) is 12.2 Å². The highest BCUT2D eigenvalue weighted by atomic mass is 16.3. The summed E-state index contributed by atoms with van der Waals surface area (Å²) < 4.78 is 0. The van der Waals surface area contributed by atoms with E-state index in [1.165, 1.54) is 0 Å². The average Bonchev–Trinajstić information content (AvgIpc) is 2.26. The summed E-state index contributed by atoms with van der Waals surface area (Å²) >= 11 is 0. The lowest BCUT2D eigenvalue weighted by Crippen LogP contribution is -2.37. The maximum absolute atomic E-state index is 9.81. The van der Waals surface area contributed by atoms with Crippen LogP contribution in [0.25, 0.3) is 0 Å². The number of aliphatic hydroxyl groups excluding tert-OH is 2. The van der Waals surface area contributed by atoms with Gasteiger partial charge in [0.15, 0.2) is 0 Å². The molecule has 0 radical (unpaired) electrons. The second kappa shape index (κ2) is 5.85. The zero-order valence-electron chi connectivity index (χ0n) is 9.22. The van der Waals surface area contributed by atoms with Crippen LogP contribution >= 0.6 is 0 Å². The fraction of sp³-hybridized carbons (Fsp3) is 0.500. The Balaban J connectivity index is 2.40. The number of nitrogens with one attached hydrogen (secondary N) is 1. The topological polar surface area (TPSA) is 52.5 Å². The largest absolute Gasteiger partial charge is 0.392 e. The van der Waals surface area contributed by atoms with Gasteiger partial charge in [0.25, 0.3) is 0 Å². The Morgan fingerprint density at radius 3 is 2.27 bits per heavy atom. The number of benzene rings is 1. The second-order valence-corrected chi connectivity index (χ2v) is 3.86. The lowest BCUT2D eigenvalue weighted by molar-refractivity contribution is 0.128. The Hall–Kier alpha value is -0.900. The predicted octanol–water partition coefficient (Wildman–Crippen LogP) is 1.08. The molecule has 3 nitrogen and oxygen atoms in total. The first kappa shape index (κ1) is 12.2. The zero-order chi connectivity index (χ0) is 11.3. The third kappa shape index (κ3) is 4.00. The van der Waals surface area contributed by atoms with Crippen molar-refractivity contribution in [2.45, 2.75) is 32.1 Å². The van der Waals surface area contributed by atoms with Crippen LogP contribution in [0.1, 0.15) is 25.5 Å². The molecule has 0 saturated carbocycles. The van der Waals surface area contributed by atoms with Crippen molar-refractivity contribution in [1.29, 1.82) is 0 Å². The van der Waals surface area contributed by atoms with Crippen molar-refractivity contribution in [3.63, 3.8) is 0 Å². The van der Waals surface area contributed by atoms with E-state index >= 15 is 0 Å². The Bertz CT molecular complexity index is 274. The van der Waals surface area contributed by atoms with Crippen LogP contribution in [0, 0.1) is 0 Å². The van der Waals surface area contributed by atoms with E-state index in [1.54, 1.807) is 6.92 Å². The monoisotopic (exact) mass is 209 g/mol. The van der Waals surface area contributed by atoms with Gasteiger partial charge in [-0.2, -0.15) is 0 Å². The van der Waals surface area contributed by atoms with Gasteiger partial charge in [-0.1, -0.05) is 30.3 Å². The summed E-state index contributed by atoms with van der Waals surface area (Å²) in [4.78, 5) is 0. The van der Waals surface area contributed by atoms with Gasteiger partial charge in [-0.05, 0) is 19.4 Å². The molecule has 3 heteroatoms. The highest BCUT2D eigenvalue weighted by Gasteiger charge is 2.11. The molecular formula is C12H19NO2. The van der Waals surface area contributed by atoms with Crippen molar-refractivity contribution >= 4 is 0 Å². The summed E-state index contributed by atoms with van der Waals surface area (Å²) in [6.45, 7) is 4.07. The third-order valence-electron chi connectivity index (χ3n) is 2.54. The fourth-order valence-electron chi connectivity index (χ4n) is 1.26. The molecular weight excluding hydrogens is 190 g/mol. The van der Waals surface area contributed by atoms with Crippen molar-refractivity contribution in [2.75, 3.05) is 6.54 Å². The molecule has 0 heterocycles. The first-order chi connectivity index (χ1) is 7.11. The molecule has 0 aliphatic carbocycles. The number of rotatable bonds is 5. The molecule has 0 saturated heterocycles. The minimum absolute atomic E-state index is 0.0108. The van der Waals surface area contributed by atoms with Crippen LogP contribution in [0.5, 0.6) is 0 Å². The Labute approximate surface area is 90.8 Å². The van der Waals surface area contributed by atoms with Crippen LogP contribution in [0.15, 0.2) is 30.3 Å². The number of hydrogen-bond acceptors (Lipinski definition) is 3. The molecule has 15 heavy (non-hydrogen) atoms. The second-order valence-electron chi connectivity index (χ2n) is 3.86. The van der Waals surface area contributed by atoms with E-state index in [9.17, 15) is 10.2 Å². The third-order valence-corrected chi connectivity index (χ3v) is 2.54. The molecule has 3 N–H and O–H groups in total. The summed E-state index contributed by atoms with van der Waals surface area (Å²) in [7, 11) is 0. The van der Waals surface area contributed by atoms with Crippen LogP contribution in [0.4, 0.5) is 0 Å². The highest BCUT2D eigenvalue weighted by Crippen LogP contribution is 2.10. The first-order valence-electron chi connectivity index (χ1n) is 5.25. The molecule has 0 aliphatic rings. The fourth-order valence-corrected chi connectivity index (χ4v) is 1.26. The van der Waals surface area contributed by atoms with Gasteiger partial charge < -0.3 is 15.5 Å². The van der Waals surface area contributed by atoms with Crippen molar-refractivity contribution < 1.29 is 10.2 Å². The summed E-state index contributed by atoms with van der Waals surface area (Å²) in [6, 6.07) is 9.48. The lowest BCUT2D eigenvalue weighted by Gasteiger charge is -2.19. The van der Waals surface area contributed by atoms with Gasteiger partial charge in [-0.25, -0.2) is 0 Å². The molecule has 1 rings (SSSR count). The van der Waals surface area contributed by atoms with Crippen molar-refractivity contribution in [1.82, 2.24) is 5.32 Å². The maximum atomic E-state index is 9.81. The van der Waals surface area contributed by atoms with E-state index in [2.05, 4.69) is 5.32 Å². The van der Waals surface area contributed by atoms with Crippen molar-refractivity contribution in [2.24, 2.45) is 0 Å². The molecule has 3 unspecified atom stereocenters. The van der Waals surface area contributed by atoms with Crippen molar-refractivity contribution in [3.8, 4) is 0 Å². The first-order valence-corrected chi connectivity index (χ1v) is 5.25. The van der Waals surface area contributed by atoms with E-state index in [4.69, 9.17) is 0 Å². The Morgan fingerprint density at radius 1 is 1.13 bits per heavy atom. The van der Waals surface area contributed by atoms with Crippen LogP contribution in [-0.2, 0) is 0 Å². The highest BCUT2D eigenvalue weighted by molar-refractivity contribution is 5.17. The maximum Gasteiger partial charge on any atom is 0.0914 e. The quantitative estimate of drug-likeness (QED) is 0.680. The standard InChI is InChI=1S/C12H19NO2/c1-9(10(2)14)13-8-12(15)11-6-4-3-5-7-11/h3-7,9-10,12-15H,8H2,1-2H3. The van der Waals surface area contributed by atoms with Gasteiger partial charge in [-0.3, -0.25) is 0 Å². The number of aliphatic hydroxyl groups is 2. The molecule has 0 amide bonds. The van der Waals surface area contributed by atoms with E-state index < -0.39 is 12.2 Å². The lowest BCUT2D eigenvalue weighted by atomic mass is 10.1. The molecule has 0 spiro atoms. The normalized spacial score (nSPS) is 17.1. The molecule has 1 aromatic carbocycles. The van der Waals surface area contributed by atoms with E-state index in [1.807, 2.05) is 37.3 Å². The molecule has 0 aromatic heterocycles. The average molecular weight is 209 g/mol. The molecule has 84 valence electrons. The summed E-state index contributed by atoms with van der Waals surface area (Å²) in [5.74, 6) is 0. The predicted molar refractivity (Wildman–Crippen MR) is 60.5 cm³/mol. The minimum Gasteiger partial charge on any atom is -0.392 e. The molecule has 0 fully saturated rings. The van der Waals surface area contributed by atoms with Crippen LogP contribution in [0.3, 0.4) is 0 Å². The Morgan fingerprint density at radius 2 is 1.73 bits per heavy atom. The van der Waals surface area contributed by atoms with Gasteiger partial charge in [0.2, 0.25) is 0 Å². The van der Waals surface area contributed by atoms with Crippen molar-refractivity contribution in [3.05, 3.63) is 35.9 Å². The van der Waals surface area contributed by atoms with E-state index in [0.717, 1.165) is 5.56 Å². The van der Waals surface area contributed by atoms with Gasteiger partial charge in [0, 0.05) is 12.6 Å². The Kier molecular flexibility index (Phi) is 4.75. The molecule has 1 aromatic rings. The van der Waals surface area contributed by atoms with Crippen LogP contribution < -0.4 is 5.32 Å². The van der Waals surface area contributed by atoms with E-state index in [-0.39, 0.29) is 6.04 Å². The smallest absolute Gasteiger partial charge is 0.0914 e. The molecule has 0 bridgehead atoms. The van der Waals surface area contributed by atoms with E-state index in [0.29, 0.717) is 6.54 Å². The summed E-state index contributed by atoms with van der Waals surface area (Å²) in [5, 5.41) is 22.1. The van der Waals surface area contributed by atoms with Gasteiger partial charge in [-0.15, -0.1) is 0 Å². The summed E-state index contributed by atoms with van der Waals surface area (Å²) in [6.07, 6.45) is -0.930. The van der Waals surface area contributed by atoms with Gasteiger partial charge in [0.1, 0.15) is 0 Å². The molecule has 0 aliphatic heterocycles. The van der Waals surface area contributed by atoms with Gasteiger partial charge >= 0.3 is 0 Å². The molecule has 3 atom stereocenters. The SMILES string of the molecule is CC(O)C(C)NCC(O)c1ccccc1. The van der Waals surface area contributed by atoms with Crippen LogP contribution in [0.2, 0.25) is 0 Å². The zero-order valence-corrected chi connectivity index (χ0v) is 9.22.